The van der Waals surface area contributed by atoms with Crippen LogP contribution in [0.3, 0.4) is 0 Å². The third-order valence-electron chi connectivity index (χ3n) is 3.28. The molecule has 1 amide bonds. The van der Waals surface area contributed by atoms with E-state index >= 15 is 0 Å². The van der Waals surface area contributed by atoms with Crippen LogP contribution in [0.4, 0.5) is 0 Å². The number of hydrogen-bond acceptors (Lipinski definition) is 4. The van der Waals surface area contributed by atoms with Crippen LogP contribution in [-0.4, -0.2) is 47.2 Å². The lowest BCUT2D eigenvalue weighted by Gasteiger charge is -2.06. The van der Waals surface area contributed by atoms with Crippen molar-refractivity contribution in [1.82, 2.24) is 15.1 Å². The van der Waals surface area contributed by atoms with Gasteiger partial charge in [0.1, 0.15) is 0 Å². The minimum atomic E-state index is 0.0379. The summed E-state index contributed by atoms with van der Waals surface area (Å²) in [4.78, 5) is 11.7. The maximum absolute atomic E-state index is 11.7. The molecule has 0 aliphatic rings. The first-order valence-corrected chi connectivity index (χ1v) is 7.00. The van der Waals surface area contributed by atoms with E-state index < -0.39 is 0 Å². The monoisotopic (exact) mass is 283 g/mol. The Bertz CT molecular complexity index is 430. The predicted molar refractivity (Wildman–Crippen MR) is 76.5 cm³/mol. The maximum Gasteiger partial charge on any atom is 0.220 e. The molecule has 0 saturated carbocycles. The van der Waals surface area contributed by atoms with Crippen LogP contribution in [0.1, 0.15) is 29.8 Å². The van der Waals surface area contributed by atoms with Crippen molar-refractivity contribution >= 4 is 5.91 Å². The van der Waals surface area contributed by atoms with Crippen LogP contribution in [0.2, 0.25) is 0 Å². The lowest BCUT2D eigenvalue weighted by Crippen LogP contribution is -2.25. The van der Waals surface area contributed by atoms with Crippen LogP contribution in [-0.2, 0) is 23.0 Å². The van der Waals surface area contributed by atoms with E-state index in [9.17, 15) is 4.79 Å². The first-order chi connectivity index (χ1) is 9.56. The molecule has 114 valence electrons. The fraction of sp³-hybridized carbons (Fsp3) is 0.714. The fourth-order valence-electron chi connectivity index (χ4n) is 2.07. The molecule has 6 heteroatoms. The quantitative estimate of drug-likeness (QED) is 0.647. The first kappa shape index (κ1) is 16.7. The molecule has 20 heavy (non-hydrogen) atoms. The van der Waals surface area contributed by atoms with Gasteiger partial charge in [0, 0.05) is 32.3 Å². The molecule has 0 bridgehead atoms. The number of ether oxygens (including phenoxy) is 1. The van der Waals surface area contributed by atoms with Crippen LogP contribution in [0.5, 0.6) is 0 Å². The molecule has 0 aliphatic heterocycles. The summed E-state index contributed by atoms with van der Waals surface area (Å²) < 4.78 is 6.96. The molecule has 1 aromatic rings. The van der Waals surface area contributed by atoms with E-state index in [1.807, 2.05) is 25.6 Å². The Morgan fingerprint density at radius 2 is 2.15 bits per heavy atom. The molecule has 0 spiro atoms. The molecule has 0 atom stereocenters. The Hall–Kier alpha value is -1.40. The molecule has 1 rings (SSSR count). The van der Waals surface area contributed by atoms with Crippen molar-refractivity contribution in [3.63, 3.8) is 0 Å². The maximum atomic E-state index is 11.7. The van der Waals surface area contributed by atoms with Crippen molar-refractivity contribution < 1.29 is 14.6 Å². The Labute approximate surface area is 120 Å². The summed E-state index contributed by atoms with van der Waals surface area (Å²) in [7, 11) is 1.91. The van der Waals surface area contributed by atoms with Crippen LogP contribution >= 0.6 is 0 Å². The lowest BCUT2D eigenvalue weighted by molar-refractivity contribution is -0.121. The molecule has 0 aromatic carbocycles. The van der Waals surface area contributed by atoms with Crippen LogP contribution in [0.25, 0.3) is 0 Å². The summed E-state index contributed by atoms with van der Waals surface area (Å²) in [5, 5.41) is 15.7. The summed E-state index contributed by atoms with van der Waals surface area (Å²) in [6.07, 6.45) is 1.96. The Kier molecular flexibility index (Phi) is 7.25. The summed E-state index contributed by atoms with van der Waals surface area (Å²) in [5.74, 6) is 0.0508. The number of nitrogens with one attached hydrogen (secondary N) is 1. The van der Waals surface area contributed by atoms with Crippen LogP contribution in [0, 0.1) is 13.8 Å². The molecular formula is C14H25N3O3. The summed E-state index contributed by atoms with van der Waals surface area (Å²) in [5.41, 5.74) is 3.27. The second-order valence-corrected chi connectivity index (χ2v) is 4.81. The topological polar surface area (TPSA) is 76.4 Å². The Balaban J connectivity index is 2.20. The molecule has 0 fully saturated rings. The Morgan fingerprint density at radius 3 is 2.75 bits per heavy atom. The predicted octanol–water partition coefficient (Wildman–Crippen LogP) is 0.485. The van der Waals surface area contributed by atoms with Gasteiger partial charge >= 0.3 is 0 Å². The van der Waals surface area contributed by atoms with Crippen molar-refractivity contribution in [1.29, 1.82) is 0 Å². The zero-order valence-corrected chi connectivity index (χ0v) is 12.6. The smallest absolute Gasteiger partial charge is 0.220 e. The van der Waals surface area contributed by atoms with Gasteiger partial charge in [-0.15, -0.1) is 0 Å². The second-order valence-electron chi connectivity index (χ2n) is 4.81. The van der Waals surface area contributed by atoms with Gasteiger partial charge in [-0.2, -0.15) is 5.10 Å². The SMILES string of the molecule is Cc1nn(C)c(C)c1CCC(=O)NCCCOCCO. The highest BCUT2D eigenvalue weighted by Gasteiger charge is 2.10. The first-order valence-electron chi connectivity index (χ1n) is 7.00. The minimum Gasteiger partial charge on any atom is -0.394 e. The van der Waals surface area contributed by atoms with Gasteiger partial charge in [-0.3, -0.25) is 9.48 Å². The minimum absolute atomic E-state index is 0.0379. The van der Waals surface area contributed by atoms with Crippen molar-refractivity contribution in [2.75, 3.05) is 26.4 Å². The number of nitrogens with zero attached hydrogens (tertiary/aromatic N) is 2. The highest BCUT2D eigenvalue weighted by Crippen LogP contribution is 2.13. The summed E-state index contributed by atoms with van der Waals surface area (Å²) in [6.45, 7) is 5.55. The van der Waals surface area contributed by atoms with Crippen molar-refractivity contribution in [2.45, 2.75) is 33.1 Å². The number of aliphatic hydroxyl groups excluding tert-OH is 1. The number of aryl methyl sites for hydroxylation is 2. The van der Waals surface area contributed by atoms with Gasteiger partial charge in [0.2, 0.25) is 5.91 Å². The molecular weight excluding hydrogens is 258 g/mol. The summed E-state index contributed by atoms with van der Waals surface area (Å²) >= 11 is 0. The van der Waals surface area contributed by atoms with Crippen LogP contribution < -0.4 is 5.32 Å². The second kappa shape index (κ2) is 8.71. The number of hydrogen-bond donors (Lipinski definition) is 2. The highest BCUT2D eigenvalue weighted by molar-refractivity contribution is 5.76. The third kappa shape index (κ3) is 5.30. The molecule has 0 saturated heterocycles. The molecule has 6 nitrogen and oxygen atoms in total. The number of aromatic nitrogens is 2. The average molecular weight is 283 g/mol. The number of rotatable bonds is 9. The van der Waals surface area contributed by atoms with E-state index in [4.69, 9.17) is 9.84 Å². The van der Waals surface area contributed by atoms with Gasteiger partial charge in [-0.05, 0) is 32.3 Å². The van der Waals surface area contributed by atoms with Gasteiger partial charge in [0.05, 0.1) is 18.9 Å². The van der Waals surface area contributed by atoms with Gasteiger partial charge in [-0.1, -0.05) is 0 Å². The number of carbonyl (C=O) groups excluding carboxylic acids is 1. The summed E-state index contributed by atoms with van der Waals surface area (Å²) in [6, 6.07) is 0. The van der Waals surface area contributed by atoms with Crippen LogP contribution in [0.15, 0.2) is 0 Å². The Morgan fingerprint density at radius 1 is 1.40 bits per heavy atom. The molecule has 0 aliphatic carbocycles. The zero-order chi connectivity index (χ0) is 15.0. The number of amides is 1. The van der Waals surface area contributed by atoms with E-state index in [1.54, 1.807) is 0 Å². The van der Waals surface area contributed by atoms with E-state index in [2.05, 4.69) is 10.4 Å². The largest absolute Gasteiger partial charge is 0.394 e. The lowest BCUT2D eigenvalue weighted by atomic mass is 10.1. The molecule has 1 aromatic heterocycles. The number of carbonyl (C=O) groups is 1. The molecule has 0 unspecified atom stereocenters. The van der Waals surface area contributed by atoms with Crippen molar-refractivity contribution in [3.8, 4) is 0 Å². The molecule has 1 heterocycles. The molecule has 0 radical (unpaired) electrons. The fourth-order valence-corrected chi connectivity index (χ4v) is 2.07. The van der Waals surface area contributed by atoms with Gasteiger partial charge in [-0.25, -0.2) is 0 Å². The van der Waals surface area contributed by atoms with E-state index in [1.165, 1.54) is 0 Å². The average Bonchev–Trinajstić information content (AvgIpc) is 2.65. The van der Waals surface area contributed by atoms with Crippen molar-refractivity contribution in [3.05, 3.63) is 17.0 Å². The standard InChI is InChI=1S/C14H25N3O3/c1-11-13(12(2)17(3)16-11)5-6-14(19)15-7-4-9-20-10-8-18/h18H,4-10H2,1-3H3,(H,15,19). The zero-order valence-electron chi connectivity index (χ0n) is 12.6. The van der Waals surface area contributed by atoms with Gasteiger partial charge in [0.15, 0.2) is 0 Å². The molecule has 2 N–H and O–H groups in total. The van der Waals surface area contributed by atoms with E-state index in [0.717, 1.165) is 29.8 Å². The van der Waals surface area contributed by atoms with E-state index in [-0.39, 0.29) is 12.5 Å². The normalized spacial score (nSPS) is 10.8. The van der Waals surface area contributed by atoms with Gasteiger partial charge in [0.25, 0.3) is 0 Å². The third-order valence-corrected chi connectivity index (χ3v) is 3.28. The number of aliphatic hydroxyl groups is 1. The van der Waals surface area contributed by atoms with Gasteiger partial charge < -0.3 is 15.2 Å². The van der Waals surface area contributed by atoms with Crippen molar-refractivity contribution in [2.24, 2.45) is 7.05 Å². The highest BCUT2D eigenvalue weighted by atomic mass is 16.5. The van der Waals surface area contributed by atoms with E-state index in [0.29, 0.717) is 26.2 Å².